The molecule has 0 unspecified atom stereocenters. The summed E-state index contributed by atoms with van der Waals surface area (Å²) < 4.78 is 0. The Hall–Kier alpha value is -1.63. The molecule has 1 aromatic carbocycles. The van der Waals surface area contributed by atoms with E-state index >= 15 is 0 Å². The predicted octanol–water partition coefficient (Wildman–Crippen LogP) is 8.69. The molecule has 26 heavy (non-hydrogen) atoms. The van der Waals surface area contributed by atoms with Crippen molar-refractivity contribution < 1.29 is 0 Å². The summed E-state index contributed by atoms with van der Waals surface area (Å²) in [5, 5.41) is 0. The van der Waals surface area contributed by atoms with Gasteiger partial charge in [0.15, 0.2) is 0 Å². The Morgan fingerprint density at radius 1 is 0.538 bits per heavy atom. The molecule has 0 saturated carbocycles. The number of rotatable bonds is 0. The molecule has 2 aromatic rings. The number of aromatic nitrogens is 1. The zero-order valence-electron chi connectivity index (χ0n) is 17.6. The van der Waals surface area contributed by atoms with Crippen LogP contribution in [0, 0.1) is 0 Å². The van der Waals surface area contributed by atoms with Crippen molar-refractivity contribution in [3.63, 3.8) is 0 Å². The van der Waals surface area contributed by atoms with Crippen LogP contribution in [-0.2, 0) is 10.8 Å². The normalized spacial score (nSPS) is 9.31. The summed E-state index contributed by atoms with van der Waals surface area (Å²) in [4.78, 5) is 3.96. The lowest BCUT2D eigenvalue weighted by atomic mass is 9.87. The standard InChI is InChI=1S/C10H14.C9H13N.2C2H6.2CH4/c1-10(2,3)9-7-5-4-6-8-9;1-9(2,3)8-4-6-10-7-5-8;2*1-2;;/h4-8H,1-3H3;4-7H,1-3H3;2*1-2H3;2*1H4. The lowest BCUT2D eigenvalue weighted by Crippen LogP contribution is -2.10. The Morgan fingerprint density at radius 3 is 1.08 bits per heavy atom. The molecule has 0 aliphatic heterocycles. The molecule has 0 atom stereocenters. The molecule has 2 rings (SSSR count). The number of hydrogen-bond acceptors (Lipinski definition) is 1. The van der Waals surface area contributed by atoms with E-state index < -0.39 is 0 Å². The summed E-state index contributed by atoms with van der Waals surface area (Å²) in [5.41, 5.74) is 3.28. The Bertz CT molecular complexity index is 438. The van der Waals surface area contributed by atoms with Gasteiger partial charge in [-0.25, -0.2) is 0 Å². The van der Waals surface area contributed by atoms with E-state index in [0.29, 0.717) is 5.41 Å². The molecule has 1 heteroatoms. The van der Waals surface area contributed by atoms with E-state index in [4.69, 9.17) is 0 Å². The topological polar surface area (TPSA) is 12.9 Å². The molecule has 0 bridgehead atoms. The smallest absolute Gasteiger partial charge is 0.0270 e. The summed E-state index contributed by atoms with van der Waals surface area (Å²) in [6, 6.07) is 14.7. The van der Waals surface area contributed by atoms with Gasteiger partial charge < -0.3 is 0 Å². The summed E-state index contributed by atoms with van der Waals surface area (Å²) >= 11 is 0. The minimum absolute atomic E-state index is 0. The van der Waals surface area contributed by atoms with Gasteiger partial charge in [-0.3, -0.25) is 4.98 Å². The van der Waals surface area contributed by atoms with Gasteiger partial charge in [0.2, 0.25) is 0 Å². The highest BCUT2D eigenvalue weighted by Crippen LogP contribution is 2.21. The van der Waals surface area contributed by atoms with Crippen LogP contribution < -0.4 is 0 Å². The molecule has 1 aromatic heterocycles. The van der Waals surface area contributed by atoms with Gasteiger partial charge in [-0.1, -0.05) is 114 Å². The fourth-order valence-electron chi connectivity index (χ4n) is 1.79. The first-order chi connectivity index (χ1) is 11.2. The van der Waals surface area contributed by atoms with Gasteiger partial charge in [0.05, 0.1) is 0 Å². The van der Waals surface area contributed by atoms with E-state index in [0.717, 1.165) is 0 Å². The van der Waals surface area contributed by atoms with Crippen LogP contribution in [0.4, 0.5) is 0 Å². The second kappa shape index (κ2) is 16.8. The highest BCUT2D eigenvalue weighted by atomic mass is 14.6. The Labute approximate surface area is 166 Å². The van der Waals surface area contributed by atoms with Crippen molar-refractivity contribution in [1.82, 2.24) is 4.98 Å². The van der Waals surface area contributed by atoms with Gasteiger partial charge in [0.1, 0.15) is 0 Å². The molecular formula is C25H47N. The summed E-state index contributed by atoms with van der Waals surface area (Å²) in [6.45, 7) is 21.3. The van der Waals surface area contributed by atoms with Gasteiger partial charge in [0, 0.05) is 12.4 Å². The van der Waals surface area contributed by atoms with Crippen molar-refractivity contribution in [3.05, 3.63) is 66.0 Å². The van der Waals surface area contributed by atoms with Crippen LogP contribution in [0.25, 0.3) is 0 Å². The second-order valence-corrected chi connectivity index (χ2v) is 7.10. The van der Waals surface area contributed by atoms with Gasteiger partial charge >= 0.3 is 0 Å². The zero-order valence-corrected chi connectivity index (χ0v) is 17.6. The Morgan fingerprint density at radius 2 is 0.846 bits per heavy atom. The van der Waals surface area contributed by atoms with Gasteiger partial charge in [-0.05, 0) is 34.1 Å². The lowest BCUT2D eigenvalue weighted by Gasteiger charge is -2.18. The predicted molar refractivity (Wildman–Crippen MR) is 124 cm³/mol. The largest absolute Gasteiger partial charge is 0.265 e. The average molecular weight is 362 g/mol. The fourth-order valence-corrected chi connectivity index (χ4v) is 1.79. The maximum Gasteiger partial charge on any atom is 0.0270 e. The third-order valence-electron chi connectivity index (χ3n) is 3.19. The first-order valence-electron chi connectivity index (χ1n) is 9.17. The maximum atomic E-state index is 3.96. The van der Waals surface area contributed by atoms with Crippen LogP contribution in [0.15, 0.2) is 54.9 Å². The van der Waals surface area contributed by atoms with Crippen molar-refractivity contribution in [1.29, 1.82) is 0 Å². The van der Waals surface area contributed by atoms with Crippen molar-refractivity contribution in [2.24, 2.45) is 0 Å². The molecule has 1 heterocycles. The van der Waals surface area contributed by atoms with Crippen LogP contribution in [0.2, 0.25) is 0 Å². The molecule has 0 fully saturated rings. The first-order valence-corrected chi connectivity index (χ1v) is 9.17. The number of nitrogens with zero attached hydrogens (tertiary/aromatic N) is 1. The van der Waals surface area contributed by atoms with E-state index in [2.05, 4.69) is 89.0 Å². The molecule has 0 radical (unpaired) electrons. The maximum absolute atomic E-state index is 3.96. The molecule has 0 N–H and O–H groups in total. The molecule has 0 saturated heterocycles. The van der Waals surface area contributed by atoms with Crippen LogP contribution >= 0.6 is 0 Å². The quantitative estimate of drug-likeness (QED) is 0.457. The summed E-state index contributed by atoms with van der Waals surface area (Å²) in [5.74, 6) is 0. The van der Waals surface area contributed by atoms with Crippen molar-refractivity contribution >= 4 is 0 Å². The molecule has 0 spiro atoms. The third-order valence-corrected chi connectivity index (χ3v) is 3.19. The van der Waals surface area contributed by atoms with Crippen LogP contribution in [0.3, 0.4) is 0 Å². The highest BCUT2D eigenvalue weighted by molar-refractivity contribution is 5.22. The molecule has 1 nitrogen and oxygen atoms in total. The van der Waals surface area contributed by atoms with Crippen LogP contribution in [-0.4, -0.2) is 4.98 Å². The van der Waals surface area contributed by atoms with Gasteiger partial charge in [-0.2, -0.15) is 0 Å². The number of pyridine rings is 1. The van der Waals surface area contributed by atoms with E-state index in [-0.39, 0.29) is 20.3 Å². The van der Waals surface area contributed by atoms with Gasteiger partial charge in [0.25, 0.3) is 0 Å². The second-order valence-electron chi connectivity index (χ2n) is 7.10. The molecule has 152 valence electrons. The molecule has 0 aliphatic rings. The Kier molecular flexibility index (Phi) is 20.7. The molecular weight excluding hydrogens is 314 g/mol. The van der Waals surface area contributed by atoms with E-state index in [1.165, 1.54) is 11.1 Å². The van der Waals surface area contributed by atoms with E-state index in [1.54, 1.807) is 0 Å². The lowest BCUT2D eigenvalue weighted by molar-refractivity contribution is 0.589. The van der Waals surface area contributed by atoms with Crippen LogP contribution in [0.5, 0.6) is 0 Å². The van der Waals surface area contributed by atoms with Crippen LogP contribution in [0.1, 0.15) is 95.2 Å². The molecule has 0 amide bonds. The SMILES string of the molecule is C.C.CC.CC.CC(C)(C)c1ccccc1.CC(C)(C)c1ccncc1. The zero-order chi connectivity index (χ0) is 19.2. The monoisotopic (exact) mass is 361 g/mol. The minimum Gasteiger partial charge on any atom is -0.265 e. The highest BCUT2D eigenvalue weighted by Gasteiger charge is 2.12. The van der Waals surface area contributed by atoms with Crippen molar-refractivity contribution in [3.8, 4) is 0 Å². The first kappa shape index (κ1) is 32.1. The average Bonchev–Trinajstić information content (AvgIpc) is 2.59. The van der Waals surface area contributed by atoms with Crippen molar-refractivity contribution in [2.75, 3.05) is 0 Å². The summed E-state index contributed by atoms with van der Waals surface area (Å²) in [6.07, 6.45) is 3.67. The number of hydrogen-bond donors (Lipinski definition) is 0. The number of benzene rings is 1. The fraction of sp³-hybridized carbons (Fsp3) is 0.560. The molecule has 0 aliphatic carbocycles. The summed E-state index contributed by atoms with van der Waals surface area (Å²) in [7, 11) is 0. The third kappa shape index (κ3) is 14.7. The van der Waals surface area contributed by atoms with E-state index in [1.807, 2.05) is 40.1 Å². The Balaban J connectivity index is -0.000000147. The minimum atomic E-state index is 0. The van der Waals surface area contributed by atoms with Crippen molar-refractivity contribution in [2.45, 2.75) is 94.9 Å². The van der Waals surface area contributed by atoms with E-state index in [9.17, 15) is 0 Å². The van der Waals surface area contributed by atoms with Gasteiger partial charge in [-0.15, -0.1) is 0 Å².